The van der Waals surface area contributed by atoms with Crippen LogP contribution in [-0.4, -0.2) is 26.8 Å². The van der Waals surface area contributed by atoms with E-state index in [1.54, 1.807) is 33.8 Å². The van der Waals surface area contributed by atoms with Gasteiger partial charge in [0.15, 0.2) is 11.5 Å². The Labute approximate surface area is 127 Å². The summed E-state index contributed by atoms with van der Waals surface area (Å²) in [4.78, 5) is 12.1. The molecule has 22 heavy (non-hydrogen) atoms. The van der Waals surface area contributed by atoms with Crippen molar-refractivity contribution in [3.63, 3.8) is 0 Å². The molecule has 2 aromatic heterocycles. The zero-order valence-corrected chi connectivity index (χ0v) is 12.8. The van der Waals surface area contributed by atoms with Crippen molar-refractivity contribution in [2.45, 2.75) is 39.3 Å². The molecule has 0 spiro atoms. The molecule has 2 aromatic rings. The van der Waals surface area contributed by atoms with Gasteiger partial charge in [-0.3, -0.25) is 4.79 Å². The Bertz CT molecular complexity index is 728. The van der Waals surface area contributed by atoms with E-state index in [1.807, 2.05) is 0 Å². The normalized spacial score (nSPS) is 12.4. The summed E-state index contributed by atoms with van der Waals surface area (Å²) in [5.74, 6) is 6.01. The zero-order valence-electron chi connectivity index (χ0n) is 12.8. The predicted molar refractivity (Wildman–Crippen MR) is 76.8 cm³/mol. The summed E-state index contributed by atoms with van der Waals surface area (Å²) in [6.07, 6.45) is 0. The van der Waals surface area contributed by atoms with Gasteiger partial charge in [0.2, 0.25) is 11.8 Å². The fraction of sp³-hybridized carbons (Fsp3) is 0.400. The van der Waals surface area contributed by atoms with Gasteiger partial charge in [0.1, 0.15) is 11.6 Å². The van der Waals surface area contributed by atoms with E-state index in [0.29, 0.717) is 17.5 Å². The summed E-state index contributed by atoms with van der Waals surface area (Å²) in [6.45, 7) is 6.52. The minimum absolute atomic E-state index is 0.114. The molecule has 0 radical (unpaired) electrons. The van der Waals surface area contributed by atoms with Crippen molar-refractivity contribution in [2.75, 3.05) is 0 Å². The molecular weight excluding hydrogens is 286 g/mol. The molecule has 2 rings (SSSR count). The van der Waals surface area contributed by atoms with Crippen molar-refractivity contribution in [3.05, 3.63) is 35.4 Å². The summed E-state index contributed by atoms with van der Waals surface area (Å²) in [6, 6.07) is 2.63. The molecular formula is C15H17N3O4. The first-order valence-electron chi connectivity index (χ1n) is 6.71. The van der Waals surface area contributed by atoms with Crippen molar-refractivity contribution in [2.24, 2.45) is 0 Å². The SMILES string of the molecule is Cc1nnc(C(C)NC(=O)c2ccc(C#CC(C)(C)O)o2)o1. The van der Waals surface area contributed by atoms with E-state index in [2.05, 4.69) is 27.4 Å². The molecule has 2 heterocycles. The van der Waals surface area contributed by atoms with E-state index >= 15 is 0 Å². The van der Waals surface area contributed by atoms with Crippen LogP contribution in [0, 0.1) is 18.8 Å². The van der Waals surface area contributed by atoms with Crippen molar-refractivity contribution < 1.29 is 18.7 Å². The number of rotatable bonds is 3. The predicted octanol–water partition coefficient (Wildman–Crippen LogP) is 1.58. The number of carbonyl (C=O) groups excluding carboxylic acids is 1. The Morgan fingerprint density at radius 1 is 1.36 bits per heavy atom. The quantitative estimate of drug-likeness (QED) is 0.835. The molecule has 0 saturated heterocycles. The highest BCUT2D eigenvalue weighted by molar-refractivity contribution is 5.91. The number of nitrogens with zero attached hydrogens (tertiary/aromatic N) is 2. The summed E-state index contributed by atoms with van der Waals surface area (Å²) in [7, 11) is 0. The Kier molecular flexibility index (Phi) is 4.33. The number of amides is 1. The minimum Gasteiger partial charge on any atom is -0.443 e. The molecule has 1 atom stereocenters. The van der Waals surface area contributed by atoms with Crippen molar-refractivity contribution >= 4 is 5.91 Å². The van der Waals surface area contributed by atoms with E-state index in [4.69, 9.17) is 8.83 Å². The second-order valence-electron chi connectivity index (χ2n) is 5.33. The standard InChI is InChI=1S/C15H17N3O4/c1-9(14-18-17-10(2)21-14)16-13(19)12-6-5-11(22-12)7-8-15(3,4)20/h5-6,9,20H,1-4H3,(H,16,19). The van der Waals surface area contributed by atoms with Gasteiger partial charge >= 0.3 is 0 Å². The highest BCUT2D eigenvalue weighted by atomic mass is 16.4. The molecule has 0 bridgehead atoms. The number of furan rings is 1. The lowest BCUT2D eigenvalue weighted by molar-refractivity contribution is 0.0905. The number of aromatic nitrogens is 2. The van der Waals surface area contributed by atoms with Crippen LogP contribution in [0.15, 0.2) is 21.0 Å². The number of hydrogen-bond acceptors (Lipinski definition) is 6. The van der Waals surface area contributed by atoms with Gasteiger partial charge in [-0.1, -0.05) is 5.92 Å². The number of aryl methyl sites for hydroxylation is 1. The summed E-state index contributed by atoms with van der Waals surface area (Å²) in [5, 5.41) is 19.8. The molecule has 0 aliphatic carbocycles. The molecule has 2 N–H and O–H groups in total. The molecule has 7 nitrogen and oxygen atoms in total. The Morgan fingerprint density at radius 3 is 2.68 bits per heavy atom. The molecule has 0 aromatic carbocycles. The molecule has 7 heteroatoms. The molecule has 0 aliphatic heterocycles. The van der Waals surface area contributed by atoms with Crippen LogP contribution in [0.4, 0.5) is 0 Å². The number of aliphatic hydroxyl groups is 1. The van der Waals surface area contributed by atoms with E-state index in [1.165, 1.54) is 6.07 Å². The largest absolute Gasteiger partial charge is 0.443 e. The average molecular weight is 303 g/mol. The first kappa shape index (κ1) is 15.8. The third kappa shape index (κ3) is 4.20. The molecule has 0 aliphatic rings. The van der Waals surface area contributed by atoms with E-state index in [0.717, 1.165) is 0 Å². The lowest BCUT2D eigenvalue weighted by atomic mass is 10.1. The van der Waals surface area contributed by atoms with Crippen LogP contribution in [-0.2, 0) is 0 Å². The molecule has 116 valence electrons. The fourth-order valence-corrected chi connectivity index (χ4v) is 1.56. The Hall–Kier alpha value is -2.59. The van der Waals surface area contributed by atoms with Crippen LogP contribution in [0.3, 0.4) is 0 Å². The Morgan fingerprint density at radius 2 is 2.09 bits per heavy atom. The fourth-order valence-electron chi connectivity index (χ4n) is 1.56. The van der Waals surface area contributed by atoms with Gasteiger partial charge in [-0.25, -0.2) is 0 Å². The maximum absolute atomic E-state index is 12.1. The van der Waals surface area contributed by atoms with Crippen LogP contribution < -0.4 is 5.32 Å². The maximum Gasteiger partial charge on any atom is 0.287 e. The number of hydrogen-bond donors (Lipinski definition) is 2. The van der Waals surface area contributed by atoms with Gasteiger partial charge in [-0.2, -0.15) is 0 Å². The summed E-state index contributed by atoms with van der Waals surface area (Å²) < 4.78 is 10.6. The lowest BCUT2D eigenvalue weighted by Crippen LogP contribution is -2.26. The second kappa shape index (κ2) is 6.03. The van der Waals surface area contributed by atoms with Crippen molar-refractivity contribution in [1.82, 2.24) is 15.5 Å². The van der Waals surface area contributed by atoms with E-state index in [-0.39, 0.29) is 5.76 Å². The third-order valence-electron chi connectivity index (χ3n) is 2.58. The van der Waals surface area contributed by atoms with Gasteiger partial charge in [-0.15, -0.1) is 10.2 Å². The van der Waals surface area contributed by atoms with Crippen LogP contribution >= 0.6 is 0 Å². The first-order chi connectivity index (χ1) is 10.2. The van der Waals surface area contributed by atoms with E-state index in [9.17, 15) is 9.90 Å². The van der Waals surface area contributed by atoms with Gasteiger partial charge in [-0.05, 0) is 38.8 Å². The summed E-state index contributed by atoms with van der Waals surface area (Å²) >= 11 is 0. The van der Waals surface area contributed by atoms with Gasteiger partial charge in [0.25, 0.3) is 5.91 Å². The highest BCUT2D eigenvalue weighted by Gasteiger charge is 2.18. The summed E-state index contributed by atoms with van der Waals surface area (Å²) in [5.41, 5.74) is -1.13. The monoisotopic (exact) mass is 303 g/mol. The average Bonchev–Trinajstić information content (AvgIpc) is 3.04. The van der Waals surface area contributed by atoms with E-state index < -0.39 is 17.6 Å². The third-order valence-corrected chi connectivity index (χ3v) is 2.58. The molecule has 1 amide bonds. The van der Waals surface area contributed by atoms with Crippen molar-refractivity contribution in [1.29, 1.82) is 0 Å². The first-order valence-corrected chi connectivity index (χ1v) is 6.71. The van der Waals surface area contributed by atoms with Crippen molar-refractivity contribution in [3.8, 4) is 11.8 Å². The number of carbonyl (C=O) groups is 1. The van der Waals surface area contributed by atoms with Crippen LogP contribution in [0.5, 0.6) is 0 Å². The topological polar surface area (TPSA) is 101 Å². The number of nitrogens with one attached hydrogen (secondary N) is 1. The van der Waals surface area contributed by atoms with Gasteiger partial charge in [0, 0.05) is 6.92 Å². The molecule has 0 fully saturated rings. The molecule has 1 unspecified atom stereocenters. The Balaban J connectivity index is 2.04. The zero-order chi connectivity index (χ0) is 16.3. The highest BCUT2D eigenvalue weighted by Crippen LogP contribution is 2.13. The van der Waals surface area contributed by atoms with Gasteiger partial charge < -0.3 is 19.3 Å². The minimum atomic E-state index is -1.13. The smallest absolute Gasteiger partial charge is 0.287 e. The van der Waals surface area contributed by atoms with Crippen LogP contribution in [0.1, 0.15) is 54.9 Å². The van der Waals surface area contributed by atoms with Crippen LogP contribution in [0.25, 0.3) is 0 Å². The lowest BCUT2D eigenvalue weighted by Gasteiger charge is -2.07. The maximum atomic E-state index is 12.1. The van der Waals surface area contributed by atoms with Gasteiger partial charge in [0.05, 0.1) is 0 Å². The van der Waals surface area contributed by atoms with Crippen LogP contribution in [0.2, 0.25) is 0 Å². The second-order valence-corrected chi connectivity index (χ2v) is 5.33. The molecule has 0 saturated carbocycles.